The Morgan fingerprint density at radius 1 is 1.21 bits per heavy atom. The lowest BCUT2D eigenvalue weighted by atomic mass is 10.2. The third kappa shape index (κ3) is 6.46. The first-order valence-electron chi connectivity index (χ1n) is 4.86. The summed E-state index contributed by atoms with van der Waals surface area (Å²) in [4.78, 5) is 21.8. The molecule has 0 aromatic heterocycles. The molecule has 0 aromatic carbocycles. The Morgan fingerprint density at radius 2 is 1.79 bits per heavy atom. The van der Waals surface area contributed by atoms with Gasteiger partial charge in [0.05, 0.1) is 13.2 Å². The van der Waals surface area contributed by atoms with Crippen molar-refractivity contribution in [3.63, 3.8) is 0 Å². The number of carbonyl (C=O) groups is 2. The minimum absolute atomic E-state index is 0.0411. The summed E-state index contributed by atoms with van der Waals surface area (Å²) in [5.41, 5.74) is 0. The monoisotopic (exact) mass is 202 g/mol. The van der Waals surface area contributed by atoms with Gasteiger partial charge in [0, 0.05) is 12.8 Å². The van der Waals surface area contributed by atoms with E-state index in [0.717, 1.165) is 6.42 Å². The molecule has 0 bridgehead atoms. The molecule has 0 fully saturated rings. The average Bonchev–Trinajstić information content (AvgIpc) is 2.17. The van der Waals surface area contributed by atoms with Crippen molar-refractivity contribution in [2.45, 2.75) is 45.6 Å². The Bertz CT molecular complexity index is 189. The SMILES string of the molecule is CCC(C)OC(=O)CCCC(=O)OC. The van der Waals surface area contributed by atoms with Crippen LogP contribution in [0, 0.1) is 0 Å². The van der Waals surface area contributed by atoms with Gasteiger partial charge in [0.1, 0.15) is 0 Å². The maximum absolute atomic E-state index is 11.1. The average molecular weight is 202 g/mol. The standard InChI is InChI=1S/C10H18O4/c1-4-8(2)14-10(12)7-5-6-9(11)13-3/h8H,4-7H2,1-3H3. The van der Waals surface area contributed by atoms with Gasteiger partial charge >= 0.3 is 11.9 Å². The molecule has 0 aliphatic rings. The summed E-state index contributed by atoms with van der Waals surface area (Å²) >= 11 is 0. The number of hydrogen-bond acceptors (Lipinski definition) is 4. The lowest BCUT2D eigenvalue weighted by molar-refractivity contribution is -0.148. The van der Waals surface area contributed by atoms with Crippen molar-refractivity contribution in [3.8, 4) is 0 Å². The lowest BCUT2D eigenvalue weighted by Gasteiger charge is -2.10. The molecule has 0 aromatic rings. The van der Waals surface area contributed by atoms with Crippen molar-refractivity contribution in [1.29, 1.82) is 0 Å². The zero-order chi connectivity index (χ0) is 11.0. The van der Waals surface area contributed by atoms with E-state index in [1.807, 2.05) is 13.8 Å². The number of hydrogen-bond donors (Lipinski definition) is 0. The van der Waals surface area contributed by atoms with Crippen LogP contribution in [-0.4, -0.2) is 25.2 Å². The van der Waals surface area contributed by atoms with Gasteiger partial charge in [0.25, 0.3) is 0 Å². The molecule has 0 radical (unpaired) electrons. The van der Waals surface area contributed by atoms with Crippen molar-refractivity contribution in [2.24, 2.45) is 0 Å². The van der Waals surface area contributed by atoms with Gasteiger partial charge in [-0.15, -0.1) is 0 Å². The van der Waals surface area contributed by atoms with E-state index < -0.39 is 0 Å². The second-order valence-electron chi connectivity index (χ2n) is 3.14. The molecule has 0 saturated carbocycles. The third-order valence-electron chi connectivity index (χ3n) is 1.90. The summed E-state index contributed by atoms with van der Waals surface area (Å²) in [6.45, 7) is 3.80. The van der Waals surface area contributed by atoms with E-state index >= 15 is 0 Å². The van der Waals surface area contributed by atoms with Crippen molar-refractivity contribution in [3.05, 3.63) is 0 Å². The molecule has 0 amide bonds. The van der Waals surface area contributed by atoms with E-state index in [-0.39, 0.29) is 30.9 Å². The van der Waals surface area contributed by atoms with E-state index in [1.54, 1.807) is 0 Å². The number of carbonyl (C=O) groups excluding carboxylic acids is 2. The molecule has 0 saturated heterocycles. The largest absolute Gasteiger partial charge is 0.469 e. The summed E-state index contributed by atoms with van der Waals surface area (Å²) in [5, 5.41) is 0. The van der Waals surface area contributed by atoms with Gasteiger partial charge in [-0.2, -0.15) is 0 Å². The third-order valence-corrected chi connectivity index (χ3v) is 1.90. The van der Waals surface area contributed by atoms with E-state index in [9.17, 15) is 9.59 Å². The quantitative estimate of drug-likeness (QED) is 0.615. The molecule has 82 valence electrons. The molecule has 4 nitrogen and oxygen atoms in total. The Hall–Kier alpha value is -1.06. The van der Waals surface area contributed by atoms with Gasteiger partial charge in [-0.3, -0.25) is 9.59 Å². The molecule has 0 spiro atoms. The lowest BCUT2D eigenvalue weighted by Crippen LogP contribution is -2.14. The van der Waals surface area contributed by atoms with E-state index in [2.05, 4.69) is 4.74 Å². The van der Waals surface area contributed by atoms with E-state index in [4.69, 9.17) is 4.74 Å². The fourth-order valence-electron chi connectivity index (χ4n) is 0.846. The first-order valence-corrected chi connectivity index (χ1v) is 4.86. The summed E-state index contributed by atoms with van der Waals surface area (Å²) < 4.78 is 9.47. The highest BCUT2D eigenvalue weighted by atomic mass is 16.5. The van der Waals surface area contributed by atoms with Gasteiger partial charge in [-0.25, -0.2) is 0 Å². The van der Waals surface area contributed by atoms with Gasteiger partial charge < -0.3 is 9.47 Å². The highest BCUT2D eigenvalue weighted by Crippen LogP contribution is 2.03. The first-order chi connectivity index (χ1) is 6.60. The molecule has 0 aliphatic heterocycles. The molecule has 14 heavy (non-hydrogen) atoms. The fraction of sp³-hybridized carbons (Fsp3) is 0.800. The van der Waals surface area contributed by atoms with Crippen molar-refractivity contribution >= 4 is 11.9 Å². The van der Waals surface area contributed by atoms with Crippen molar-refractivity contribution < 1.29 is 19.1 Å². The summed E-state index contributed by atoms with van der Waals surface area (Å²) in [7, 11) is 1.33. The second-order valence-corrected chi connectivity index (χ2v) is 3.14. The number of methoxy groups -OCH3 is 1. The number of rotatable bonds is 6. The fourth-order valence-corrected chi connectivity index (χ4v) is 0.846. The topological polar surface area (TPSA) is 52.6 Å². The predicted molar refractivity (Wildman–Crippen MR) is 51.7 cm³/mol. The smallest absolute Gasteiger partial charge is 0.306 e. The Balaban J connectivity index is 3.49. The van der Waals surface area contributed by atoms with Crippen LogP contribution < -0.4 is 0 Å². The van der Waals surface area contributed by atoms with Crippen molar-refractivity contribution in [1.82, 2.24) is 0 Å². The van der Waals surface area contributed by atoms with E-state index in [1.165, 1.54) is 7.11 Å². The normalized spacial score (nSPS) is 11.9. The van der Waals surface area contributed by atoms with Crippen LogP contribution in [0.15, 0.2) is 0 Å². The molecular weight excluding hydrogens is 184 g/mol. The highest BCUT2D eigenvalue weighted by Gasteiger charge is 2.08. The number of ether oxygens (including phenoxy) is 2. The van der Waals surface area contributed by atoms with Crippen LogP contribution in [0.1, 0.15) is 39.5 Å². The Morgan fingerprint density at radius 3 is 2.29 bits per heavy atom. The van der Waals surface area contributed by atoms with Gasteiger partial charge in [0.2, 0.25) is 0 Å². The van der Waals surface area contributed by atoms with Crippen LogP contribution in [-0.2, 0) is 19.1 Å². The Labute approximate surface area is 84.6 Å². The zero-order valence-corrected chi connectivity index (χ0v) is 9.04. The molecule has 0 heterocycles. The molecule has 4 heteroatoms. The van der Waals surface area contributed by atoms with Crippen LogP contribution in [0.3, 0.4) is 0 Å². The minimum atomic E-state index is -0.290. The molecule has 1 unspecified atom stereocenters. The first kappa shape index (κ1) is 12.9. The molecule has 0 rings (SSSR count). The summed E-state index contributed by atoms with van der Waals surface area (Å²) in [5.74, 6) is -0.537. The Kier molecular flexibility index (Phi) is 6.80. The second kappa shape index (κ2) is 7.35. The van der Waals surface area contributed by atoms with E-state index in [0.29, 0.717) is 6.42 Å². The van der Waals surface area contributed by atoms with Gasteiger partial charge in [0.15, 0.2) is 0 Å². The summed E-state index contributed by atoms with van der Waals surface area (Å²) in [6.07, 6.45) is 1.80. The van der Waals surface area contributed by atoms with Gasteiger partial charge in [-0.1, -0.05) is 6.92 Å². The molecule has 0 aliphatic carbocycles. The maximum Gasteiger partial charge on any atom is 0.306 e. The number of esters is 2. The van der Waals surface area contributed by atoms with Crippen molar-refractivity contribution in [2.75, 3.05) is 7.11 Å². The van der Waals surface area contributed by atoms with Crippen LogP contribution in [0.4, 0.5) is 0 Å². The summed E-state index contributed by atoms with van der Waals surface area (Å²) in [6, 6.07) is 0. The van der Waals surface area contributed by atoms with Crippen LogP contribution in [0.2, 0.25) is 0 Å². The minimum Gasteiger partial charge on any atom is -0.469 e. The molecular formula is C10H18O4. The predicted octanol–water partition coefficient (Wildman–Crippen LogP) is 1.67. The maximum atomic E-state index is 11.1. The van der Waals surface area contributed by atoms with Crippen LogP contribution in [0.5, 0.6) is 0 Å². The zero-order valence-electron chi connectivity index (χ0n) is 9.04. The van der Waals surface area contributed by atoms with Crippen LogP contribution in [0.25, 0.3) is 0 Å². The highest BCUT2D eigenvalue weighted by molar-refractivity contribution is 5.72. The van der Waals surface area contributed by atoms with Crippen LogP contribution >= 0.6 is 0 Å². The molecule has 0 N–H and O–H groups in total. The van der Waals surface area contributed by atoms with Gasteiger partial charge in [-0.05, 0) is 19.8 Å². The molecule has 1 atom stereocenters.